The zero-order valence-electron chi connectivity index (χ0n) is 7.88. The normalized spacial score (nSPS) is 10.3. The summed E-state index contributed by atoms with van der Waals surface area (Å²) in [5.41, 5.74) is 0. The molecule has 0 heterocycles. The lowest BCUT2D eigenvalue weighted by molar-refractivity contribution is -0.144. The molecule has 72 valence electrons. The van der Waals surface area contributed by atoms with Crippen LogP contribution in [0.3, 0.4) is 0 Å². The Labute approximate surface area is 73.7 Å². The van der Waals surface area contributed by atoms with E-state index in [1.165, 1.54) is 0 Å². The second kappa shape index (κ2) is 7.10. The lowest BCUT2D eigenvalue weighted by atomic mass is 10.1. The second-order valence-corrected chi connectivity index (χ2v) is 3.23. The number of ether oxygens (including phenoxy) is 1. The first kappa shape index (κ1) is 11.4. The van der Waals surface area contributed by atoms with Crippen LogP contribution >= 0.6 is 0 Å². The van der Waals surface area contributed by atoms with Crippen molar-refractivity contribution in [2.45, 2.75) is 33.1 Å². The smallest absolute Gasteiger partial charge is 0.305 e. The van der Waals surface area contributed by atoms with Gasteiger partial charge in [-0.25, -0.2) is 0 Å². The summed E-state index contributed by atoms with van der Waals surface area (Å²) in [5, 5.41) is 8.42. The van der Waals surface area contributed by atoms with E-state index in [-0.39, 0.29) is 12.6 Å². The third-order valence-electron chi connectivity index (χ3n) is 1.50. The average molecular weight is 174 g/mol. The molecule has 12 heavy (non-hydrogen) atoms. The Morgan fingerprint density at radius 1 is 1.50 bits per heavy atom. The average Bonchev–Trinajstić information content (AvgIpc) is 2.00. The minimum Gasteiger partial charge on any atom is -0.466 e. The molecule has 0 saturated carbocycles. The molecule has 1 N–H and O–H groups in total. The molecule has 0 rings (SSSR count). The molecule has 0 fully saturated rings. The molecule has 0 saturated heterocycles. The molecule has 0 atom stereocenters. The lowest BCUT2D eigenvalue weighted by Crippen LogP contribution is -2.07. The molecule has 0 aliphatic rings. The number of hydrogen-bond acceptors (Lipinski definition) is 3. The van der Waals surface area contributed by atoms with Crippen molar-refractivity contribution >= 4 is 5.97 Å². The van der Waals surface area contributed by atoms with Gasteiger partial charge in [-0.1, -0.05) is 13.8 Å². The summed E-state index contributed by atoms with van der Waals surface area (Å²) in [6, 6.07) is 0. The minimum atomic E-state index is -0.204. The molecule has 0 aliphatic carbocycles. The molecule has 0 spiro atoms. The van der Waals surface area contributed by atoms with Crippen molar-refractivity contribution in [2.75, 3.05) is 13.2 Å². The van der Waals surface area contributed by atoms with Crippen LogP contribution in [-0.2, 0) is 9.53 Å². The molecule has 3 nitrogen and oxygen atoms in total. The monoisotopic (exact) mass is 174 g/mol. The van der Waals surface area contributed by atoms with E-state index in [1.807, 2.05) is 0 Å². The number of aliphatic hydroxyl groups is 1. The highest BCUT2D eigenvalue weighted by Gasteiger charge is 2.02. The zero-order chi connectivity index (χ0) is 9.40. The van der Waals surface area contributed by atoms with E-state index in [0.29, 0.717) is 25.4 Å². The van der Waals surface area contributed by atoms with Crippen LogP contribution in [0.5, 0.6) is 0 Å². The molecule has 3 heteroatoms. The van der Waals surface area contributed by atoms with E-state index < -0.39 is 0 Å². The van der Waals surface area contributed by atoms with Gasteiger partial charge in [0.25, 0.3) is 0 Å². The molecule has 0 aliphatic heterocycles. The van der Waals surface area contributed by atoms with Gasteiger partial charge in [-0.05, 0) is 18.8 Å². The largest absolute Gasteiger partial charge is 0.466 e. The first-order chi connectivity index (χ1) is 5.66. The van der Waals surface area contributed by atoms with Crippen LogP contribution in [0.15, 0.2) is 0 Å². The van der Waals surface area contributed by atoms with Crippen molar-refractivity contribution in [3.63, 3.8) is 0 Å². The standard InChI is InChI=1S/C9H18O3/c1-8(2)5-7-12-9(11)4-3-6-10/h8,10H,3-7H2,1-2H3. The van der Waals surface area contributed by atoms with E-state index in [9.17, 15) is 4.79 Å². The minimum absolute atomic E-state index is 0.0548. The van der Waals surface area contributed by atoms with Crippen LogP contribution in [0.1, 0.15) is 33.1 Å². The number of hydrogen-bond donors (Lipinski definition) is 1. The van der Waals surface area contributed by atoms with Crippen LogP contribution in [0.25, 0.3) is 0 Å². The Hall–Kier alpha value is -0.570. The van der Waals surface area contributed by atoms with Crippen LogP contribution in [0.4, 0.5) is 0 Å². The van der Waals surface area contributed by atoms with Crippen LogP contribution in [-0.4, -0.2) is 24.3 Å². The van der Waals surface area contributed by atoms with Crippen molar-refractivity contribution < 1.29 is 14.6 Å². The number of rotatable bonds is 6. The Morgan fingerprint density at radius 3 is 2.67 bits per heavy atom. The molecule has 0 radical (unpaired) electrons. The summed E-state index contributed by atoms with van der Waals surface area (Å²) in [4.78, 5) is 10.9. The zero-order valence-corrected chi connectivity index (χ0v) is 7.88. The molecule has 0 amide bonds. The number of carbonyl (C=O) groups is 1. The Balaban J connectivity index is 3.20. The highest BCUT2D eigenvalue weighted by atomic mass is 16.5. The highest BCUT2D eigenvalue weighted by Crippen LogP contribution is 2.00. The SMILES string of the molecule is CC(C)CCOC(=O)CCCO. The van der Waals surface area contributed by atoms with E-state index in [1.54, 1.807) is 0 Å². The maximum absolute atomic E-state index is 10.9. The fraction of sp³-hybridized carbons (Fsp3) is 0.889. The van der Waals surface area contributed by atoms with Gasteiger partial charge in [-0.3, -0.25) is 4.79 Å². The fourth-order valence-electron chi connectivity index (χ4n) is 0.704. The molecule has 0 bridgehead atoms. The van der Waals surface area contributed by atoms with Crippen molar-refractivity contribution in [1.82, 2.24) is 0 Å². The van der Waals surface area contributed by atoms with Crippen molar-refractivity contribution in [3.05, 3.63) is 0 Å². The van der Waals surface area contributed by atoms with Crippen LogP contribution < -0.4 is 0 Å². The molecule has 0 aromatic rings. The van der Waals surface area contributed by atoms with Gasteiger partial charge >= 0.3 is 5.97 Å². The summed E-state index contributed by atoms with van der Waals surface area (Å²) in [6.07, 6.45) is 1.74. The predicted octanol–water partition coefficient (Wildman–Crippen LogP) is 1.35. The van der Waals surface area contributed by atoms with Gasteiger partial charge in [0, 0.05) is 13.0 Å². The fourth-order valence-corrected chi connectivity index (χ4v) is 0.704. The summed E-state index contributed by atoms with van der Waals surface area (Å²) >= 11 is 0. The van der Waals surface area contributed by atoms with Gasteiger partial charge in [-0.15, -0.1) is 0 Å². The van der Waals surface area contributed by atoms with E-state index in [4.69, 9.17) is 9.84 Å². The summed E-state index contributed by atoms with van der Waals surface area (Å²) in [7, 11) is 0. The number of esters is 1. The predicted molar refractivity (Wildman–Crippen MR) is 46.7 cm³/mol. The quantitative estimate of drug-likeness (QED) is 0.618. The topological polar surface area (TPSA) is 46.5 Å². The summed E-state index contributed by atoms with van der Waals surface area (Å²) in [5.74, 6) is 0.361. The van der Waals surface area contributed by atoms with E-state index in [0.717, 1.165) is 6.42 Å². The summed E-state index contributed by atoms with van der Waals surface area (Å²) < 4.78 is 4.90. The Bertz CT molecular complexity index is 121. The van der Waals surface area contributed by atoms with Gasteiger partial charge in [0.2, 0.25) is 0 Å². The number of aliphatic hydroxyl groups excluding tert-OH is 1. The second-order valence-electron chi connectivity index (χ2n) is 3.23. The first-order valence-corrected chi connectivity index (χ1v) is 4.43. The van der Waals surface area contributed by atoms with Gasteiger partial charge < -0.3 is 9.84 Å². The third-order valence-corrected chi connectivity index (χ3v) is 1.50. The van der Waals surface area contributed by atoms with Crippen LogP contribution in [0, 0.1) is 5.92 Å². The number of carbonyl (C=O) groups excluding carboxylic acids is 1. The maximum Gasteiger partial charge on any atom is 0.305 e. The van der Waals surface area contributed by atoms with Gasteiger partial charge in [0.05, 0.1) is 6.61 Å². The van der Waals surface area contributed by atoms with E-state index in [2.05, 4.69) is 13.8 Å². The van der Waals surface area contributed by atoms with Crippen molar-refractivity contribution in [3.8, 4) is 0 Å². The molecule has 0 unspecified atom stereocenters. The maximum atomic E-state index is 10.9. The third kappa shape index (κ3) is 7.54. The molecule has 0 aromatic carbocycles. The van der Waals surface area contributed by atoms with Crippen molar-refractivity contribution in [1.29, 1.82) is 0 Å². The molecular formula is C9H18O3. The summed E-state index contributed by atoms with van der Waals surface area (Å²) in [6.45, 7) is 4.73. The highest BCUT2D eigenvalue weighted by molar-refractivity contribution is 5.69. The molecular weight excluding hydrogens is 156 g/mol. The first-order valence-electron chi connectivity index (χ1n) is 4.43. The van der Waals surface area contributed by atoms with Gasteiger partial charge in [0.1, 0.15) is 0 Å². The van der Waals surface area contributed by atoms with Crippen LogP contribution in [0.2, 0.25) is 0 Å². The van der Waals surface area contributed by atoms with Gasteiger partial charge in [-0.2, -0.15) is 0 Å². The lowest BCUT2D eigenvalue weighted by Gasteiger charge is -2.05. The van der Waals surface area contributed by atoms with E-state index >= 15 is 0 Å². The van der Waals surface area contributed by atoms with Gasteiger partial charge in [0.15, 0.2) is 0 Å². The Morgan fingerprint density at radius 2 is 2.17 bits per heavy atom. The van der Waals surface area contributed by atoms with Crippen molar-refractivity contribution in [2.24, 2.45) is 5.92 Å². The molecule has 0 aromatic heterocycles. The Kier molecular flexibility index (Phi) is 6.76.